The number of imidazole rings is 1. The van der Waals surface area contributed by atoms with Crippen LogP contribution in [0.2, 0.25) is 0 Å². The van der Waals surface area contributed by atoms with Crippen LogP contribution < -0.4 is 5.32 Å². The number of halogens is 3. The molecule has 5 nitrogen and oxygen atoms in total. The Morgan fingerprint density at radius 2 is 2.19 bits per heavy atom. The van der Waals surface area contributed by atoms with Gasteiger partial charge in [-0.2, -0.15) is 8.78 Å². The zero-order chi connectivity index (χ0) is 15.0. The van der Waals surface area contributed by atoms with Gasteiger partial charge in [0.05, 0.1) is 0 Å². The fourth-order valence-corrected chi connectivity index (χ4v) is 1.76. The molecule has 21 heavy (non-hydrogen) atoms. The number of nitrogens with zero attached hydrogens (tertiary/aromatic N) is 4. The number of hydrogen-bond donors (Lipinski definition) is 1. The molecule has 0 saturated heterocycles. The van der Waals surface area contributed by atoms with E-state index in [1.807, 2.05) is 18.9 Å². The molecule has 1 heterocycles. The van der Waals surface area contributed by atoms with Crippen LogP contribution in [0.15, 0.2) is 17.4 Å². The second-order valence-corrected chi connectivity index (χ2v) is 4.47. The summed E-state index contributed by atoms with van der Waals surface area (Å²) in [6.45, 7) is 3.27. The van der Waals surface area contributed by atoms with Crippen molar-refractivity contribution in [3.63, 3.8) is 0 Å². The standard InChI is InChI=1S/C13H23F2N5.HI/c1-4-6-8-19(3)13(16-5-2)18-10-11-17-7-9-20(11)12(14)15;/h7,9,12H,4-6,8,10H2,1-3H3,(H,16,18);1H. The van der Waals surface area contributed by atoms with E-state index < -0.39 is 6.55 Å². The van der Waals surface area contributed by atoms with Crippen LogP contribution in [0.3, 0.4) is 0 Å². The van der Waals surface area contributed by atoms with Gasteiger partial charge in [0.25, 0.3) is 0 Å². The lowest BCUT2D eigenvalue weighted by molar-refractivity contribution is 0.0671. The average Bonchev–Trinajstić information content (AvgIpc) is 2.89. The van der Waals surface area contributed by atoms with Crippen LogP contribution in [-0.2, 0) is 6.54 Å². The smallest absolute Gasteiger partial charge is 0.319 e. The Hall–Kier alpha value is -0.930. The van der Waals surface area contributed by atoms with Gasteiger partial charge in [0, 0.05) is 32.5 Å². The Kier molecular flexibility index (Phi) is 10.3. The summed E-state index contributed by atoms with van der Waals surface area (Å²) in [4.78, 5) is 10.3. The third kappa shape index (κ3) is 6.58. The van der Waals surface area contributed by atoms with E-state index in [0.717, 1.165) is 30.5 Å². The summed E-state index contributed by atoms with van der Waals surface area (Å²) in [6, 6.07) is 0. The molecular formula is C13H24F2IN5. The third-order valence-electron chi connectivity index (χ3n) is 2.87. The SMILES string of the molecule is CCCCN(C)C(=NCc1nccn1C(F)F)NCC.I. The highest BCUT2D eigenvalue weighted by Crippen LogP contribution is 2.12. The van der Waals surface area contributed by atoms with Gasteiger partial charge in [0.2, 0.25) is 0 Å². The molecule has 0 bridgehead atoms. The fraction of sp³-hybridized carbons (Fsp3) is 0.692. The molecule has 0 aliphatic rings. The topological polar surface area (TPSA) is 45.5 Å². The summed E-state index contributed by atoms with van der Waals surface area (Å²) < 4.78 is 26.2. The highest BCUT2D eigenvalue weighted by atomic mass is 127. The monoisotopic (exact) mass is 415 g/mol. The molecule has 0 unspecified atom stereocenters. The van der Waals surface area contributed by atoms with Crippen molar-refractivity contribution in [3.05, 3.63) is 18.2 Å². The second-order valence-electron chi connectivity index (χ2n) is 4.47. The highest BCUT2D eigenvalue weighted by molar-refractivity contribution is 14.0. The molecule has 0 radical (unpaired) electrons. The van der Waals surface area contributed by atoms with E-state index in [-0.39, 0.29) is 36.3 Å². The zero-order valence-corrected chi connectivity index (χ0v) is 15.1. The van der Waals surface area contributed by atoms with Gasteiger partial charge >= 0.3 is 6.55 Å². The molecule has 0 spiro atoms. The quantitative estimate of drug-likeness (QED) is 0.423. The summed E-state index contributed by atoms with van der Waals surface area (Å²) in [5, 5.41) is 3.15. The first kappa shape index (κ1) is 20.1. The maximum Gasteiger partial charge on any atom is 0.319 e. The van der Waals surface area contributed by atoms with E-state index in [0.29, 0.717) is 5.96 Å². The summed E-state index contributed by atoms with van der Waals surface area (Å²) in [5.41, 5.74) is 0. The first-order valence-electron chi connectivity index (χ1n) is 6.89. The normalized spacial score (nSPS) is 11.4. The number of rotatable bonds is 7. The average molecular weight is 415 g/mol. The van der Waals surface area contributed by atoms with Gasteiger partial charge in [-0.3, -0.25) is 4.57 Å². The van der Waals surface area contributed by atoms with Gasteiger partial charge in [0.15, 0.2) is 5.96 Å². The summed E-state index contributed by atoms with van der Waals surface area (Å²) in [7, 11) is 1.94. The molecular weight excluding hydrogens is 391 g/mol. The van der Waals surface area contributed by atoms with Crippen molar-refractivity contribution in [1.82, 2.24) is 19.8 Å². The first-order chi connectivity index (χ1) is 9.60. The molecule has 1 rings (SSSR count). The largest absolute Gasteiger partial charge is 0.357 e. The molecule has 0 saturated carbocycles. The van der Waals surface area contributed by atoms with Crippen molar-refractivity contribution in [1.29, 1.82) is 0 Å². The van der Waals surface area contributed by atoms with Crippen molar-refractivity contribution in [2.24, 2.45) is 4.99 Å². The third-order valence-corrected chi connectivity index (χ3v) is 2.87. The van der Waals surface area contributed by atoms with Gasteiger partial charge in [-0.25, -0.2) is 9.98 Å². The molecule has 1 N–H and O–H groups in total. The molecule has 0 aliphatic carbocycles. The summed E-state index contributed by atoms with van der Waals surface area (Å²) >= 11 is 0. The van der Waals surface area contributed by atoms with E-state index in [4.69, 9.17) is 0 Å². The maximum absolute atomic E-state index is 12.7. The van der Waals surface area contributed by atoms with E-state index in [2.05, 4.69) is 22.2 Å². The predicted octanol–water partition coefficient (Wildman–Crippen LogP) is 3.09. The minimum absolute atomic E-state index is 0. The van der Waals surface area contributed by atoms with Crippen LogP contribution in [0, 0.1) is 0 Å². The van der Waals surface area contributed by atoms with Crippen molar-refractivity contribution >= 4 is 29.9 Å². The lowest BCUT2D eigenvalue weighted by Gasteiger charge is -2.21. The van der Waals surface area contributed by atoms with E-state index in [9.17, 15) is 8.78 Å². The van der Waals surface area contributed by atoms with Gasteiger partial charge in [-0.1, -0.05) is 13.3 Å². The van der Waals surface area contributed by atoms with Crippen molar-refractivity contribution in [2.45, 2.75) is 39.8 Å². The van der Waals surface area contributed by atoms with Crippen LogP contribution in [0.1, 0.15) is 39.1 Å². The Balaban J connectivity index is 0.00000400. The Bertz CT molecular complexity index is 422. The van der Waals surface area contributed by atoms with Crippen LogP contribution >= 0.6 is 24.0 Å². The number of aromatic nitrogens is 2. The number of alkyl halides is 2. The zero-order valence-electron chi connectivity index (χ0n) is 12.7. The van der Waals surface area contributed by atoms with Crippen LogP contribution in [0.5, 0.6) is 0 Å². The minimum Gasteiger partial charge on any atom is -0.357 e. The molecule has 8 heteroatoms. The second kappa shape index (κ2) is 10.7. The molecule has 1 aromatic rings. The summed E-state index contributed by atoms with van der Waals surface area (Å²) in [5.74, 6) is 0.976. The van der Waals surface area contributed by atoms with Crippen molar-refractivity contribution in [3.8, 4) is 0 Å². The lowest BCUT2D eigenvalue weighted by atomic mass is 10.3. The lowest BCUT2D eigenvalue weighted by Crippen LogP contribution is -2.39. The van der Waals surface area contributed by atoms with Gasteiger partial charge in [-0.15, -0.1) is 24.0 Å². The first-order valence-corrected chi connectivity index (χ1v) is 6.89. The van der Waals surface area contributed by atoms with Crippen LogP contribution in [-0.4, -0.2) is 40.5 Å². The Morgan fingerprint density at radius 3 is 2.76 bits per heavy atom. The molecule has 0 atom stereocenters. The van der Waals surface area contributed by atoms with E-state index in [1.54, 1.807) is 0 Å². The van der Waals surface area contributed by atoms with Crippen molar-refractivity contribution < 1.29 is 8.78 Å². The van der Waals surface area contributed by atoms with Gasteiger partial charge in [0.1, 0.15) is 12.4 Å². The van der Waals surface area contributed by atoms with Crippen LogP contribution in [0.4, 0.5) is 8.78 Å². The van der Waals surface area contributed by atoms with E-state index >= 15 is 0 Å². The summed E-state index contributed by atoms with van der Waals surface area (Å²) in [6.07, 6.45) is 4.79. The number of guanidine groups is 1. The maximum atomic E-state index is 12.7. The molecule has 0 amide bonds. The molecule has 0 aromatic carbocycles. The minimum atomic E-state index is -2.58. The number of nitrogens with one attached hydrogen (secondary N) is 1. The predicted molar refractivity (Wildman–Crippen MR) is 91.2 cm³/mol. The van der Waals surface area contributed by atoms with Crippen LogP contribution in [0.25, 0.3) is 0 Å². The number of hydrogen-bond acceptors (Lipinski definition) is 2. The molecule has 0 aliphatic heterocycles. The van der Waals surface area contributed by atoms with Gasteiger partial charge in [-0.05, 0) is 13.3 Å². The molecule has 1 aromatic heterocycles. The van der Waals surface area contributed by atoms with Gasteiger partial charge < -0.3 is 10.2 Å². The fourth-order valence-electron chi connectivity index (χ4n) is 1.76. The van der Waals surface area contributed by atoms with E-state index in [1.165, 1.54) is 12.4 Å². The Labute approximate surface area is 141 Å². The number of aliphatic imine (C=N–C) groups is 1. The molecule has 122 valence electrons. The number of unbranched alkanes of at least 4 members (excludes halogenated alkanes) is 1. The molecule has 0 fully saturated rings. The Morgan fingerprint density at radius 1 is 1.48 bits per heavy atom. The highest BCUT2D eigenvalue weighted by Gasteiger charge is 2.11. The van der Waals surface area contributed by atoms with Crippen molar-refractivity contribution in [2.75, 3.05) is 20.1 Å².